The lowest BCUT2D eigenvalue weighted by molar-refractivity contribution is -0.192. The van der Waals surface area contributed by atoms with Gasteiger partial charge in [0.25, 0.3) is 5.91 Å². The molecular formula is C17H20F3NO7S2. The van der Waals surface area contributed by atoms with Crippen molar-refractivity contribution in [2.24, 2.45) is 0 Å². The van der Waals surface area contributed by atoms with Crippen molar-refractivity contribution in [2.45, 2.75) is 32.2 Å². The molecule has 1 aliphatic heterocycles. The van der Waals surface area contributed by atoms with Crippen LogP contribution in [0.1, 0.15) is 30.6 Å². The molecule has 0 bridgehead atoms. The Morgan fingerprint density at radius 1 is 1.07 bits per heavy atom. The van der Waals surface area contributed by atoms with E-state index >= 15 is 0 Å². The van der Waals surface area contributed by atoms with Gasteiger partial charge in [0, 0.05) is 37.5 Å². The average Bonchev–Trinajstić information content (AvgIpc) is 2.92. The third kappa shape index (κ3) is 9.48. The van der Waals surface area contributed by atoms with Crippen LogP contribution in [0.5, 0.6) is 11.5 Å². The number of amides is 1. The van der Waals surface area contributed by atoms with Crippen LogP contribution in [0.3, 0.4) is 0 Å². The molecule has 0 unspecified atom stereocenters. The fourth-order valence-electron chi connectivity index (χ4n) is 1.92. The summed E-state index contributed by atoms with van der Waals surface area (Å²) in [4.78, 5) is 31.3. The van der Waals surface area contributed by atoms with Crippen LogP contribution in [0, 0.1) is 0 Å². The van der Waals surface area contributed by atoms with Gasteiger partial charge in [-0.05, 0) is 18.2 Å². The van der Waals surface area contributed by atoms with Crippen LogP contribution in [-0.4, -0.2) is 58.1 Å². The highest BCUT2D eigenvalue weighted by molar-refractivity contribution is 8.76. The molecule has 1 aliphatic rings. The van der Waals surface area contributed by atoms with Crippen LogP contribution >= 0.6 is 21.6 Å². The first-order chi connectivity index (χ1) is 13.8. The van der Waals surface area contributed by atoms with E-state index in [2.05, 4.69) is 5.32 Å². The highest BCUT2D eigenvalue weighted by atomic mass is 33.1. The maximum atomic E-state index is 12.1. The number of benzene rings is 1. The zero-order valence-electron chi connectivity index (χ0n) is 15.9. The van der Waals surface area contributed by atoms with Crippen LogP contribution in [0.2, 0.25) is 0 Å². The standard InChI is InChI=1S/C15H19NO5S2.C2HF3O2/c1-15(2)20-11-4-3-10(9-12(11)21-15)14(19)16-6-8-23-22-7-5-13(17)18;3-2(4,5)1(6)7/h3-4,9H,5-8H2,1-2H3,(H,16,19)(H,17,18);(H,6,7). The summed E-state index contributed by atoms with van der Waals surface area (Å²) in [5.41, 5.74) is 0.522. The molecule has 0 radical (unpaired) electrons. The predicted molar refractivity (Wildman–Crippen MR) is 105 cm³/mol. The predicted octanol–water partition coefficient (Wildman–Crippen LogP) is 3.41. The molecule has 0 spiro atoms. The number of hydrogen-bond acceptors (Lipinski definition) is 7. The van der Waals surface area contributed by atoms with Gasteiger partial charge in [0.1, 0.15) is 0 Å². The molecule has 2 rings (SSSR count). The van der Waals surface area contributed by atoms with E-state index in [0.29, 0.717) is 35.1 Å². The van der Waals surface area contributed by atoms with Crippen molar-refractivity contribution < 1.29 is 47.2 Å². The molecule has 0 fully saturated rings. The number of hydrogen-bond donors (Lipinski definition) is 3. The summed E-state index contributed by atoms with van der Waals surface area (Å²) in [5, 5.41) is 18.5. The van der Waals surface area contributed by atoms with Crippen LogP contribution < -0.4 is 14.8 Å². The number of carbonyl (C=O) groups excluding carboxylic acids is 1. The molecule has 0 aromatic heterocycles. The van der Waals surface area contributed by atoms with Crippen molar-refractivity contribution in [1.29, 1.82) is 0 Å². The van der Waals surface area contributed by atoms with E-state index in [1.54, 1.807) is 29.0 Å². The lowest BCUT2D eigenvalue weighted by Crippen LogP contribution is -2.29. The van der Waals surface area contributed by atoms with Gasteiger partial charge >= 0.3 is 18.1 Å². The highest BCUT2D eigenvalue weighted by Gasteiger charge is 2.38. The van der Waals surface area contributed by atoms with Gasteiger partial charge in [-0.2, -0.15) is 13.2 Å². The minimum absolute atomic E-state index is 0.150. The second-order valence-corrected chi connectivity index (χ2v) is 8.81. The summed E-state index contributed by atoms with van der Waals surface area (Å²) in [6, 6.07) is 5.11. The van der Waals surface area contributed by atoms with Crippen LogP contribution in [0.25, 0.3) is 0 Å². The van der Waals surface area contributed by atoms with Crippen molar-refractivity contribution in [3.05, 3.63) is 23.8 Å². The van der Waals surface area contributed by atoms with E-state index in [-0.39, 0.29) is 12.3 Å². The molecule has 0 aliphatic carbocycles. The molecule has 30 heavy (non-hydrogen) atoms. The summed E-state index contributed by atoms with van der Waals surface area (Å²) in [5.74, 6) is -1.94. The van der Waals surface area contributed by atoms with Gasteiger partial charge in [0.2, 0.25) is 5.79 Å². The summed E-state index contributed by atoms with van der Waals surface area (Å²) in [7, 11) is 3.04. The molecule has 3 N–H and O–H groups in total. The van der Waals surface area contributed by atoms with E-state index in [0.717, 1.165) is 0 Å². The molecule has 1 amide bonds. The van der Waals surface area contributed by atoms with Gasteiger partial charge < -0.3 is 25.0 Å². The topological polar surface area (TPSA) is 122 Å². The Hall–Kier alpha value is -2.28. The first-order valence-electron chi connectivity index (χ1n) is 8.38. The summed E-state index contributed by atoms with van der Waals surface area (Å²) < 4.78 is 42.9. The van der Waals surface area contributed by atoms with Gasteiger partial charge in [0.15, 0.2) is 11.5 Å². The fourth-order valence-corrected chi connectivity index (χ4v) is 3.81. The zero-order valence-corrected chi connectivity index (χ0v) is 17.6. The molecule has 0 saturated carbocycles. The first kappa shape index (κ1) is 25.8. The number of ether oxygens (including phenoxy) is 2. The smallest absolute Gasteiger partial charge is 0.481 e. The van der Waals surface area contributed by atoms with Gasteiger partial charge in [-0.15, -0.1) is 0 Å². The number of nitrogens with one attached hydrogen (secondary N) is 1. The summed E-state index contributed by atoms with van der Waals surface area (Å²) in [6.45, 7) is 4.14. The molecule has 168 valence electrons. The molecule has 0 saturated heterocycles. The number of carbonyl (C=O) groups is 3. The number of rotatable bonds is 8. The average molecular weight is 471 g/mol. The molecule has 13 heteroatoms. The van der Waals surface area contributed by atoms with E-state index in [1.165, 1.54) is 10.8 Å². The third-order valence-corrected chi connectivity index (χ3v) is 5.52. The van der Waals surface area contributed by atoms with Gasteiger partial charge in [-0.3, -0.25) is 9.59 Å². The van der Waals surface area contributed by atoms with E-state index < -0.39 is 23.9 Å². The normalized spacial score (nSPS) is 13.8. The minimum atomic E-state index is -5.08. The maximum absolute atomic E-state index is 12.1. The van der Waals surface area contributed by atoms with Gasteiger partial charge in [0.05, 0.1) is 6.42 Å². The number of aliphatic carboxylic acids is 2. The second-order valence-electron chi connectivity index (χ2n) is 6.11. The van der Waals surface area contributed by atoms with Gasteiger partial charge in [-0.1, -0.05) is 21.6 Å². The van der Waals surface area contributed by atoms with Crippen molar-refractivity contribution in [2.75, 3.05) is 18.1 Å². The Kier molecular flexibility index (Phi) is 9.62. The number of carboxylic acid groups (broad SMARTS) is 2. The fraction of sp³-hybridized carbons (Fsp3) is 0.471. The lowest BCUT2D eigenvalue weighted by Gasteiger charge is -2.16. The summed E-state index contributed by atoms with van der Waals surface area (Å²) >= 11 is 0. The van der Waals surface area contributed by atoms with Crippen LogP contribution in [0.15, 0.2) is 18.2 Å². The molecule has 0 atom stereocenters. The zero-order chi connectivity index (χ0) is 22.9. The van der Waals surface area contributed by atoms with E-state index in [9.17, 15) is 22.8 Å². The lowest BCUT2D eigenvalue weighted by atomic mass is 10.2. The van der Waals surface area contributed by atoms with Crippen molar-refractivity contribution in [3.8, 4) is 11.5 Å². The van der Waals surface area contributed by atoms with Crippen molar-refractivity contribution in [1.82, 2.24) is 5.32 Å². The van der Waals surface area contributed by atoms with Crippen molar-refractivity contribution >= 4 is 39.4 Å². The van der Waals surface area contributed by atoms with E-state index in [1.807, 2.05) is 13.8 Å². The van der Waals surface area contributed by atoms with Crippen LogP contribution in [0.4, 0.5) is 13.2 Å². The molecule has 1 aromatic carbocycles. The largest absolute Gasteiger partial charge is 0.490 e. The monoisotopic (exact) mass is 471 g/mol. The number of halogens is 3. The van der Waals surface area contributed by atoms with Crippen LogP contribution in [-0.2, 0) is 9.59 Å². The molecule has 1 heterocycles. The Morgan fingerprint density at radius 2 is 1.63 bits per heavy atom. The van der Waals surface area contributed by atoms with E-state index in [4.69, 9.17) is 24.5 Å². The number of fused-ring (bicyclic) bond motifs is 1. The SMILES string of the molecule is CC1(C)Oc2ccc(C(=O)NCCSSCCC(=O)O)cc2O1.O=C(O)C(F)(F)F. The number of carboxylic acids is 2. The minimum Gasteiger partial charge on any atom is -0.481 e. The Balaban J connectivity index is 0.000000553. The Bertz CT molecular complexity index is 772. The maximum Gasteiger partial charge on any atom is 0.490 e. The van der Waals surface area contributed by atoms with Crippen molar-refractivity contribution in [3.63, 3.8) is 0 Å². The quantitative estimate of drug-likeness (QED) is 0.387. The first-order valence-corrected chi connectivity index (χ1v) is 10.9. The highest BCUT2D eigenvalue weighted by Crippen LogP contribution is 2.39. The van der Waals surface area contributed by atoms with Gasteiger partial charge in [-0.25, -0.2) is 4.79 Å². The third-order valence-electron chi connectivity index (χ3n) is 3.11. The number of alkyl halides is 3. The molecule has 8 nitrogen and oxygen atoms in total. The Labute approximate surface area is 177 Å². The Morgan fingerprint density at radius 3 is 2.20 bits per heavy atom. The molecular weight excluding hydrogens is 451 g/mol. The molecule has 1 aromatic rings. The second kappa shape index (κ2) is 11.2. The summed E-state index contributed by atoms with van der Waals surface area (Å²) in [6.07, 6.45) is -4.93.